The molecule has 0 saturated carbocycles. The normalized spacial score (nSPS) is 11.8. The first-order valence-corrected chi connectivity index (χ1v) is 11.9. The Balaban J connectivity index is 3.68. The van der Waals surface area contributed by atoms with Crippen molar-refractivity contribution >= 4 is 11.5 Å². The minimum absolute atomic E-state index is 0.118. The van der Waals surface area contributed by atoms with Crippen LogP contribution in [-0.4, -0.2) is 32.6 Å². The van der Waals surface area contributed by atoms with E-state index in [0.29, 0.717) is 11.5 Å². The number of carbonyl (C=O) groups is 1. The Hall–Kier alpha value is -2.37. The zero-order valence-corrected chi connectivity index (χ0v) is 21.4. The van der Waals surface area contributed by atoms with Gasteiger partial charge in [0.25, 0.3) is 11.8 Å². The summed E-state index contributed by atoms with van der Waals surface area (Å²) in [5.41, 5.74) is 4.77. The summed E-state index contributed by atoms with van der Waals surface area (Å²) in [4.78, 5) is 12.7. The fourth-order valence-electron chi connectivity index (χ4n) is 3.53. The summed E-state index contributed by atoms with van der Waals surface area (Å²) in [6.45, 7) is 8.60. The lowest BCUT2D eigenvalue weighted by molar-refractivity contribution is 0.0220. The molecule has 6 heteroatoms. The van der Waals surface area contributed by atoms with Gasteiger partial charge in [0.05, 0.1) is 20.8 Å². The first kappa shape index (κ1) is 28.7. The van der Waals surface area contributed by atoms with Crippen LogP contribution in [0.2, 0.25) is 0 Å². The molecule has 186 valence electrons. The van der Waals surface area contributed by atoms with E-state index in [1.807, 2.05) is 12.1 Å². The highest BCUT2D eigenvalue weighted by Crippen LogP contribution is 2.37. The molecule has 0 saturated heterocycles. The monoisotopic (exact) mass is 465 g/mol. The minimum atomic E-state index is -3.01. The Labute approximate surface area is 198 Å². The SMILES string of the molecule is CCCCC(CCCC)=C(/C=C(/C)CC)c1cc(OC)c(C(=O)NCC(C)(F)F)c(OC)c1. The summed E-state index contributed by atoms with van der Waals surface area (Å²) in [5.74, 6) is -3.07. The van der Waals surface area contributed by atoms with Crippen molar-refractivity contribution in [2.24, 2.45) is 0 Å². The van der Waals surface area contributed by atoms with Gasteiger partial charge in [-0.05, 0) is 62.3 Å². The summed E-state index contributed by atoms with van der Waals surface area (Å²) in [6, 6.07) is 3.63. The molecule has 1 N–H and O–H groups in total. The van der Waals surface area contributed by atoms with Crippen molar-refractivity contribution in [3.05, 3.63) is 40.5 Å². The van der Waals surface area contributed by atoms with Crippen molar-refractivity contribution in [2.45, 2.75) is 85.5 Å². The number of hydrogen-bond acceptors (Lipinski definition) is 3. The van der Waals surface area contributed by atoms with E-state index in [1.54, 1.807) is 0 Å². The topological polar surface area (TPSA) is 47.6 Å². The largest absolute Gasteiger partial charge is 0.496 e. The molecule has 0 spiro atoms. The van der Waals surface area contributed by atoms with Crippen LogP contribution in [0.5, 0.6) is 11.5 Å². The van der Waals surface area contributed by atoms with Gasteiger partial charge < -0.3 is 14.8 Å². The average Bonchev–Trinajstić information content (AvgIpc) is 2.79. The van der Waals surface area contributed by atoms with E-state index < -0.39 is 18.4 Å². The molecule has 33 heavy (non-hydrogen) atoms. The molecule has 1 aromatic carbocycles. The molecule has 4 nitrogen and oxygen atoms in total. The molecule has 0 bridgehead atoms. The molecule has 0 fully saturated rings. The van der Waals surface area contributed by atoms with E-state index in [2.05, 4.69) is 39.1 Å². The zero-order chi connectivity index (χ0) is 25.0. The zero-order valence-electron chi connectivity index (χ0n) is 21.4. The van der Waals surface area contributed by atoms with Crippen LogP contribution in [0.4, 0.5) is 8.78 Å². The number of alkyl halides is 2. The summed E-state index contributed by atoms with van der Waals surface area (Å²) in [7, 11) is 2.94. The highest BCUT2D eigenvalue weighted by atomic mass is 19.3. The number of benzene rings is 1. The summed E-state index contributed by atoms with van der Waals surface area (Å²) in [6.07, 6.45) is 9.55. The van der Waals surface area contributed by atoms with Crippen molar-refractivity contribution in [2.75, 3.05) is 20.8 Å². The molecule has 0 aliphatic carbocycles. The van der Waals surface area contributed by atoms with Gasteiger partial charge in [0.2, 0.25) is 0 Å². The van der Waals surface area contributed by atoms with Crippen molar-refractivity contribution < 1.29 is 23.0 Å². The van der Waals surface area contributed by atoms with Crippen LogP contribution in [0.1, 0.15) is 95.5 Å². The Morgan fingerprint density at radius 2 is 1.55 bits per heavy atom. The van der Waals surface area contributed by atoms with E-state index >= 15 is 0 Å². The van der Waals surface area contributed by atoms with Crippen molar-refractivity contribution in [1.82, 2.24) is 5.32 Å². The predicted octanol–water partition coefficient (Wildman–Crippen LogP) is 7.58. The molecule has 0 atom stereocenters. The minimum Gasteiger partial charge on any atom is -0.496 e. The first-order valence-electron chi connectivity index (χ1n) is 11.9. The lowest BCUT2D eigenvalue weighted by Gasteiger charge is -2.19. The van der Waals surface area contributed by atoms with Gasteiger partial charge in [-0.2, -0.15) is 0 Å². The second kappa shape index (κ2) is 14.0. The number of nitrogens with one attached hydrogen (secondary N) is 1. The van der Waals surface area contributed by atoms with Crippen LogP contribution < -0.4 is 14.8 Å². The smallest absolute Gasteiger partial charge is 0.262 e. The van der Waals surface area contributed by atoms with Crippen molar-refractivity contribution in [1.29, 1.82) is 0 Å². The number of ether oxygens (including phenoxy) is 2. The molecular weight excluding hydrogens is 424 g/mol. The molecular formula is C27H41F2NO3. The molecule has 0 radical (unpaired) electrons. The van der Waals surface area contributed by atoms with Crippen LogP contribution in [-0.2, 0) is 0 Å². The molecule has 0 heterocycles. The number of methoxy groups -OCH3 is 2. The third-order valence-electron chi connectivity index (χ3n) is 5.60. The second-order valence-corrected chi connectivity index (χ2v) is 8.58. The lowest BCUT2D eigenvalue weighted by atomic mass is 9.90. The summed E-state index contributed by atoms with van der Waals surface area (Å²) >= 11 is 0. The van der Waals surface area contributed by atoms with Crippen LogP contribution in [0.15, 0.2) is 29.4 Å². The van der Waals surface area contributed by atoms with Crippen LogP contribution >= 0.6 is 0 Å². The molecule has 0 unspecified atom stereocenters. The number of unbranched alkanes of at least 4 members (excludes halogenated alkanes) is 2. The second-order valence-electron chi connectivity index (χ2n) is 8.58. The lowest BCUT2D eigenvalue weighted by Crippen LogP contribution is -2.34. The van der Waals surface area contributed by atoms with E-state index in [-0.39, 0.29) is 5.56 Å². The maximum Gasteiger partial charge on any atom is 0.262 e. The van der Waals surface area contributed by atoms with Gasteiger partial charge in [-0.3, -0.25) is 4.79 Å². The van der Waals surface area contributed by atoms with Gasteiger partial charge in [-0.15, -0.1) is 0 Å². The van der Waals surface area contributed by atoms with Crippen LogP contribution in [0.3, 0.4) is 0 Å². The van der Waals surface area contributed by atoms with Gasteiger partial charge >= 0.3 is 0 Å². The van der Waals surface area contributed by atoms with E-state index in [0.717, 1.165) is 63.0 Å². The number of allylic oxidation sites excluding steroid dienone is 4. The van der Waals surface area contributed by atoms with E-state index in [9.17, 15) is 13.6 Å². The molecule has 0 aliphatic heterocycles. The maximum absolute atomic E-state index is 13.3. The van der Waals surface area contributed by atoms with Crippen molar-refractivity contribution in [3.63, 3.8) is 0 Å². The molecule has 0 aliphatic rings. The number of amides is 1. The third-order valence-corrected chi connectivity index (χ3v) is 5.60. The number of rotatable bonds is 14. The Morgan fingerprint density at radius 3 is 1.94 bits per heavy atom. The van der Waals surface area contributed by atoms with Gasteiger partial charge in [0, 0.05) is 6.92 Å². The predicted molar refractivity (Wildman–Crippen MR) is 133 cm³/mol. The Kier molecular flexibility index (Phi) is 12.2. The Bertz CT molecular complexity index is 803. The van der Waals surface area contributed by atoms with Gasteiger partial charge in [0.1, 0.15) is 17.1 Å². The van der Waals surface area contributed by atoms with Crippen LogP contribution in [0.25, 0.3) is 5.57 Å². The van der Waals surface area contributed by atoms with Gasteiger partial charge in [0.15, 0.2) is 0 Å². The fraction of sp³-hybridized carbons (Fsp3) is 0.593. The highest BCUT2D eigenvalue weighted by Gasteiger charge is 2.26. The van der Waals surface area contributed by atoms with Gasteiger partial charge in [-0.25, -0.2) is 8.78 Å². The number of hydrogen-bond donors (Lipinski definition) is 1. The fourth-order valence-corrected chi connectivity index (χ4v) is 3.53. The standard InChI is InChI=1S/C27H41F2NO3/c1-8-11-13-20(14-12-9-2)22(15-19(4)10-3)21-16-23(32-6)25(24(17-21)33-7)26(31)30-18-27(5,28)29/h15-17H,8-14,18H2,1-7H3,(H,30,31)/b19-15-. The number of carbonyl (C=O) groups excluding carboxylic acids is 1. The summed E-state index contributed by atoms with van der Waals surface area (Å²) in [5, 5.41) is 2.28. The molecule has 1 aromatic rings. The molecule has 0 aromatic heterocycles. The van der Waals surface area contributed by atoms with Crippen molar-refractivity contribution in [3.8, 4) is 11.5 Å². The van der Waals surface area contributed by atoms with E-state index in [4.69, 9.17) is 9.47 Å². The van der Waals surface area contributed by atoms with E-state index in [1.165, 1.54) is 25.4 Å². The maximum atomic E-state index is 13.3. The number of halogens is 2. The molecule has 1 rings (SSSR count). The first-order chi connectivity index (χ1) is 15.6. The average molecular weight is 466 g/mol. The third kappa shape index (κ3) is 9.18. The van der Waals surface area contributed by atoms with Crippen LogP contribution in [0, 0.1) is 0 Å². The van der Waals surface area contributed by atoms with Gasteiger partial charge in [-0.1, -0.05) is 50.8 Å². The Morgan fingerprint density at radius 1 is 1.03 bits per heavy atom. The highest BCUT2D eigenvalue weighted by molar-refractivity contribution is 6.00. The quantitative estimate of drug-likeness (QED) is 0.288. The molecule has 1 amide bonds. The summed E-state index contributed by atoms with van der Waals surface area (Å²) < 4.78 is 37.6.